The van der Waals surface area contributed by atoms with Gasteiger partial charge in [-0.2, -0.15) is 0 Å². The fourth-order valence-electron chi connectivity index (χ4n) is 8.76. The molecule has 29 atom stereocenters. The first-order valence-electron chi connectivity index (χ1n) is 22.9. The predicted molar refractivity (Wildman–Crippen MR) is 224 cm³/mol. The van der Waals surface area contributed by atoms with Crippen molar-refractivity contribution in [1.29, 1.82) is 0 Å². The molecule has 0 aromatic heterocycles. The summed E-state index contributed by atoms with van der Waals surface area (Å²) in [4.78, 5) is 36.6. The first-order chi connectivity index (χ1) is 34.5. The minimum absolute atomic E-state index is 0.171. The average molecular weight is 1070 g/mol. The molecule has 5 aliphatic rings. The number of aldehydes is 1. The number of hydrogen-bond acceptors (Lipinski definition) is 31. The Balaban J connectivity index is 1.48. The van der Waals surface area contributed by atoms with Crippen LogP contribution in [0.15, 0.2) is 0 Å². The van der Waals surface area contributed by atoms with Crippen LogP contribution in [0.25, 0.3) is 0 Å². The van der Waals surface area contributed by atoms with Crippen molar-refractivity contribution in [3.8, 4) is 0 Å². The maximum Gasteiger partial charge on any atom is 0.217 e. The van der Waals surface area contributed by atoms with Crippen LogP contribution < -0.4 is 10.6 Å². The molecule has 20 N–H and O–H groups in total. The maximum atomic E-state index is 12.7. The molecule has 0 aliphatic carbocycles. The Morgan fingerprint density at radius 3 is 1.42 bits per heavy atom. The second-order valence-electron chi connectivity index (χ2n) is 17.9. The number of rotatable bonds is 22. The number of nitrogens with one attached hydrogen (secondary N) is 2. The zero-order valence-corrected chi connectivity index (χ0v) is 38.9. The van der Waals surface area contributed by atoms with Gasteiger partial charge in [-0.05, 0) is 0 Å². The summed E-state index contributed by atoms with van der Waals surface area (Å²) in [5, 5.41) is 195. The maximum absolute atomic E-state index is 12.7. The van der Waals surface area contributed by atoms with E-state index in [0.29, 0.717) is 0 Å². The van der Waals surface area contributed by atoms with Crippen molar-refractivity contribution in [2.24, 2.45) is 0 Å². The summed E-state index contributed by atoms with van der Waals surface area (Å²) in [7, 11) is 0. The smallest absolute Gasteiger partial charge is 0.217 e. The Morgan fingerprint density at radius 1 is 0.493 bits per heavy atom. The molecule has 5 saturated heterocycles. The van der Waals surface area contributed by atoms with Crippen LogP contribution >= 0.6 is 0 Å². The lowest BCUT2D eigenvalue weighted by Crippen LogP contribution is -2.70. The van der Waals surface area contributed by atoms with E-state index in [9.17, 15) is 106 Å². The molecular weight excluding hydrogens is 1000 g/mol. The number of carbonyl (C=O) groups is 3. The number of hydrogen-bond donors (Lipinski definition) is 20. The Bertz CT molecular complexity index is 1730. The van der Waals surface area contributed by atoms with Gasteiger partial charge in [-0.25, -0.2) is 0 Å². The van der Waals surface area contributed by atoms with Gasteiger partial charge in [-0.15, -0.1) is 0 Å². The predicted octanol–water partition coefficient (Wildman–Crippen LogP) is -14.0. The van der Waals surface area contributed by atoms with E-state index in [4.69, 9.17) is 47.4 Å². The Hall–Kier alpha value is -2.51. The monoisotopic (exact) mass is 1070 g/mol. The number of ether oxygens (including phenoxy) is 10. The zero-order chi connectivity index (χ0) is 54.3. The minimum atomic E-state index is -2.37. The minimum Gasteiger partial charge on any atom is -0.394 e. The number of aliphatic hydroxyl groups is 18. The molecule has 33 heteroatoms. The second kappa shape index (κ2) is 27.2. The zero-order valence-electron chi connectivity index (χ0n) is 38.9. The van der Waals surface area contributed by atoms with E-state index in [-0.39, 0.29) is 6.29 Å². The van der Waals surface area contributed by atoms with Gasteiger partial charge in [0.05, 0.1) is 39.6 Å². The molecule has 0 radical (unpaired) electrons. The molecular formula is C40H68N2O31. The SMILES string of the molecule is CC(=O)NC1[C@H](OC2[C@@H](O)[C@H](OC([C@H](O)CO)[C@@H](O)[C@@H](O)C=O)O[C@H](COC3O[C@H](CO)[C@@H](O[C@@H]4O[C@H](CO)[C@H](O)[C@H](O)[C@H]4O)[C@H](O)[C@H]3NC(C)=O)[C@H]2O)O[C@H](CO)[C@@H](O)[C@@H]1OC1O[C@H](CO)[C@H](O)[C@H](O)[C@H]1O. The topological polar surface area (TPSA) is 532 Å². The van der Waals surface area contributed by atoms with E-state index in [1.165, 1.54) is 0 Å². The largest absolute Gasteiger partial charge is 0.394 e. The quantitative estimate of drug-likeness (QED) is 0.0448. The van der Waals surface area contributed by atoms with Gasteiger partial charge in [0.15, 0.2) is 37.7 Å². The van der Waals surface area contributed by atoms with Gasteiger partial charge in [0, 0.05) is 13.8 Å². The fourth-order valence-corrected chi connectivity index (χ4v) is 8.76. The van der Waals surface area contributed by atoms with E-state index in [1.807, 2.05) is 0 Å². The van der Waals surface area contributed by atoms with Crippen molar-refractivity contribution in [2.45, 2.75) is 192 Å². The lowest BCUT2D eigenvalue weighted by molar-refractivity contribution is -0.376. The van der Waals surface area contributed by atoms with Gasteiger partial charge in [-0.3, -0.25) is 9.59 Å². The van der Waals surface area contributed by atoms with Gasteiger partial charge in [0.2, 0.25) is 11.8 Å². The highest BCUT2D eigenvalue weighted by molar-refractivity contribution is 5.73. The third-order valence-corrected chi connectivity index (χ3v) is 12.8. The van der Waals surface area contributed by atoms with Crippen LogP contribution in [0.2, 0.25) is 0 Å². The third-order valence-electron chi connectivity index (χ3n) is 12.8. The summed E-state index contributed by atoms with van der Waals surface area (Å²) in [6.07, 6.45) is -53.8. The summed E-state index contributed by atoms with van der Waals surface area (Å²) >= 11 is 0. The number of aliphatic hydroxyl groups excluding tert-OH is 18. The van der Waals surface area contributed by atoms with E-state index in [1.54, 1.807) is 0 Å². The lowest BCUT2D eigenvalue weighted by atomic mass is 9.94. The van der Waals surface area contributed by atoms with Crippen LogP contribution in [-0.2, 0) is 61.8 Å². The number of amides is 2. The molecule has 5 unspecified atom stereocenters. The van der Waals surface area contributed by atoms with E-state index in [2.05, 4.69) is 10.6 Å². The highest BCUT2D eigenvalue weighted by Gasteiger charge is 2.57. The standard InChI is InChI=1S/C40H68N2O31/c1-10(49)41-19-26(58)33(71-38-29(61)27(59)22(54)14(5-45)66-38)17(8-48)68-36(19)64-9-18-25(57)35(31(63)40(69-18)70-32(13(52)4-44)21(53)12(51)3-43)73-37-20(42-11(2)50)34(24(56)16(7-47)65-37)72-39-30(62)28(60)23(55)15(6-46)67-39/h3,12-40,44-48,51-63H,4-9H2,1-2H3,(H,41,49)(H,42,50)/t12-,13+,14+,15+,16+,17+,18+,19+,20?,21-,22-,23-,24+,25+,26+,27-,28-,29+,30+,31+,32?,33+,34+,35?,36?,37-,38-,39?,40-/m0/s1. The first kappa shape index (κ1) is 61.3. The molecule has 5 rings (SSSR count). The van der Waals surface area contributed by atoms with Crippen LogP contribution in [-0.4, -0.2) is 327 Å². The van der Waals surface area contributed by atoms with Crippen molar-refractivity contribution < 1.29 is 154 Å². The van der Waals surface area contributed by atoms with Crippen LogP contribution in [0.1, 0.15) is 13.8 Å². The van der Waals surface area contributed by atoms with Gasteiger partial charge < -0.3 is 155 Å². The molecule has 0 aromatic carbocycles. The summed E-state index contributed by atoms with van der Waals surface area (Å²) in [6.45, 7) is -4.07. The van der Waals surface area contributed by atoms with Crippen LogP contribution in [0.4, 0.5) is 0 Å². The molecule has 5 aliphatic heterocycles. The van der Waals surface area contributed by atoms with Crippen molar-refractivity contribution in [1.82, 2.24) is 10.6 Å². The molecule has 2 amide bonds. The molecule has 73 heavy (non-hydrogen) atoms. The molecule has 5 heterocycles. The fraction of sp³-hybridized carbons (Fsp3) is 0.925. The second-order valence-corrected chi connectivity index (χ2v) is 17.9. The van der Waals surface area contributed by atoms with Crippen molar-refractivity contribution >= 4 is 18.1 Å². The molecule has 0 spiro atoms. The van der Waals surface area contributed by atoms with Gasteiger partial charge in [-0.1, -0.05) is 0 Å². The highest BCUT2D eigenvalue weighted by Crippen LogP contribution is 2.35. The van der Waals surface area contributed by atoms with Crippen LogP contribution in [0, 0.1) is 0 Å². The summed E-state index contributed by atoms with van der Waals surface area (Å²) in [5.74, 6) is -1.73. The molecule has 0 bridgehead atoms. The van der Waals surface area contributed by atoms with Crippen molar-refractivity contribution in [2.75, 3.05) is 39.6 Å². The molecule has 5 fully saturated rings. The van der Waals surface area contributed by atoms with E-state index in [0.717, 1.165) is 13.8 Å². The van der Waals surface area contributed by atoms with Gasteiger partial charge in [0.1, 0.15) is 146 Å². The van der Waals surface area contributed by atoms with Crippen molar-refractivity contribution in [3.05, 3.63) is 0 Å². The highest BCUT2D eigenvalue weighted by atomic mass is 16.8. The Kier molecular flexibility index (Phi) is 22.8. The Morgan fingerprint density at radius 2 is 0.932 bits per heavy atom. The first-order valence-corrected chi connectivity index (χ1v) is 22.9. The molecule has 0 saturated carbocycles. The normalized spacial score (nSPS) is 45.1. The molecule has 0 aromatic rings. The summed E-state index contributed by atoms with van der Waals surface area (Å²) in [6, 6.07) is -3.53. The molecule has 424 valence electrons. The van der Waals surface area contributed by atoms with Crippen LogP contribution in [0.3, 0.4) is 0 Å². The summed E-state index contributed by atoms with van der Waals surface area (Å²) in [5.41, 5.74) is 0. The summed E-state index contributed by atoms with van der Waals surface area (Å²) < 4.78 is 57.2. The van der Waals surface area contributed by atoms with E-state index >= 15 is 0 Å². The lowest BCUT2D eigenvalue weighted by Gasteiger charge is -2.50. The van der Waals surface area contributed by atoms with Crippen LogP contribution in [0.5, 0.6) is 0 Å². The van der Waals surface area contributed by atoms with Crippen molar-refractivity contribution in [3.63, 3.8) is 0 Å². The number of carbonyl (C=O) groups excluding carboxylic acids is 3. The van der Waals surface area contributed by atoms with Gasteiger partial charge in [0.25, 0.3) is 0 Å². The van der Waals surface area contributed by atoms with E-state index < -0.39 is 229 Å². The third kappa shape index (κ3) is 14.0. The average Bonchev–Trinajstić information content (AvgIpc) is 3.36. The molecule has 33 nitrogen and oxygen atoms in total. The van der Waals surface area contributed by atoms with Gasteiger partial charge >= 0.3 is 0 Å². The Labute approximate surface area is 413 Å².